The van der Waals surface area contributed by atoms with Crippen LogP contribution in [0.15, 0.2) is 40.8 Å². The Morgan fingerprint density at radius 3 is 2.69 bits per heavy atom. The van der Waals surface area contributed by atoms with Crippen molar-refractivity contribution in [3.8, 4) is 11.3 Å². The fourth-order valence-corrected chi connectivity index (χ4v) is 4.76. The number of amides is 2. The summed E-state index contributed by atoms with van der Waals surface area (Å²) in [4.78, 5) is 38.1. The van der Waals surface area contributed by atoms with Crippen molar-refractivity contribution in [2.24, 2.45) is 5.92 Å². The van der Waals surface area contributed by atoms with Gasteiger partial charge in [-0.3, -0.25) is 19.7 Å². The highest BCUT2D eigenvalue weighted by Gasteiger charge is 2.44. The summed E-state index contributed by atoms with van der Waals surface area (Å²) < 4.78 is 30.1. The highest BCUT2D eigenvalue weighted by atomic mass is 19.1. The Bertz CT molecular complexity index is 1060. The third-order valence-electron chi connectivity index (χ3n) is 6.48. The fraction of sp³-hybridized carbons (Fsp3) is 0.500. The van der Waals surface area contributed by atoms with Crippen LogP contribution in [0.3, 0.4) is 0 Å². The van der Waals surface area contributed by atoms with Crippen LogP contribution >= 0.6 is 0 Å². The number of carbonyl (C=O) groups excluding carboxylic acids is 3. The van der Waals surface area contributed by atoms with Gasteiger partial charge in [0, 0.05) is 12.0 Å². The van der Waals surface area contributed by atoms with Crippen LogP contribution in [0.25, 0.3) is 11.3 Å². The molecule has 2 aromatic rings. The SMILES string of the molecule is CCOC1(NC(=O)[C@H](CC2CCCCC2)NC(=O)c2ccc(-c3cccc(F)c3)o2)CCC(=O)O1. The first-order valence-electron chi connectivity index (χ1n) is 12.2. The number of halogens is 1. The lowest BCUT2D eigenvalue weighted by Crippen LogP contribution is -2.57. The molecule has 1 unspecified atom stereocenters. The predicted molar refractivity (Wildman–Crippen MR) is 124 cm³/mol. The maximum Gasteiger partial charge on any atom is 0.309 e. The second kappa shape index (κ2) is 11.0. The Hall–Kier alpha value is -3.20. The number of ether oxygens (including phenoxy) is 2. The van der Waals surface area contributed by atoms with Gasteiger partial charge in [-0.15, -0.1) is 0 Å². The van der Waals surface area contributed by atoms with Gasteiger partial charge in [0.05, 0.1) is 13.0 Å². The first kappa shape index (κ1) is 24.9. The van der Waals surface area contributed by atoms with Gasteiger partial charge in [0.25, 0.3) is 11.8 Å². The molecule has 1 aliphatic carbocycles. The maximum absolute atomic E-state index is 13.6. The Morgan fingerprint density at radius 1 is 1.20 bits per heavy atom. The monoisotopic (exact) mass is 486 g/mol. The van der Waals surface area contributed by atoms with E-state index in [9.17, 15) is 18.8 Å². The van der Waals surface area contributed by atoms with Crippen LogP contribution < -0.4 is 10.6 Å². The molecule has 4 rings (SSSR count). The van der Waals surface area contributed by atoms with Gasteiger partial charge in [-0.2, -0.15) is 0 Å². The van der Waals surface area contributed by atoms with Crippen LogP contribution in [-0.4, -0.2) is 36.3 Å². The second-order valence-corrected chi connectivity index (χ2v) is 9.09. The topological polar surface area (TPSA) is 107 Å². The molecule has 1 aromatic heterocycles. The summed E-state index contributed by atoms with van der Waals surface area (Å²) in [5.74, 6) is -2.78. The number of furan rings is 1. The predicted octanol–water partition coefficient (Wildman–Crippen LogP) is 4.30. The summed E-state index contributed by atoms with van der Waals surface area (Å²) in [6.45, 7) is 1.98. The molecule has 188 valence electrons. The minimum atomic E-state index is -1.52. The first-order chi connectivity index (χ1) is 16.9. The van der Waals surface area contributed by atoms with Crippen molar-refractivity contribution < 1.29 is 32.7 Å². The molecule has 8 nitrogen and oxygen atoms in total. The zero-order valence-electron chi connectivity index (χ0n) is 19.8. The zero-order valence-corrected chi connectivity index (χ0v) is 19.8. The third-order valence-corrected chi connectivity index (χ3v) is 6.48. The Morgan fingerprint density at radius 2 is 2.00 bits per heavy atom. The lowest BCUT2D eigenvalue weighted by molar-refractivity contribution is -0.225. The molecule has 0 spiro atoms. The van der Waals surface area contributed by atoms with Gasteiger partial charge in [-0.25, -0.2) is 4.39 Å². The van der Waals surface area contributed by atoms with Gasteiger partial charge in [0.1, 0.15) is 17.6 Å². The summed E-state index contributed by atoms with van der Waals surface area (Å²) in [5, 5.41) is 5.50. The van der Waals surface area contributed by atoms with Crippen LogP contribution in [0, 0.1) is 11.7 Å². The van der Waals surface area contributed by atoms with E-state index in [1.807, 2.05) is 0 Å². The lowest BCUT2D eigenvalue weighted by Gasteiger charge is -2.31. The van der Waals surface area contributed by atoms with Crippen molar-refractivity contribution >= 4 is 17.8 Å². The highest BCUT2D eigenvalue weighted by Crippen LogP contribution is 2.29. The van der Waals surface area contributed by atoms with E-state index in [-0.39, 0.29) is 31.1 Å². The van der Waals surface area contributed by atoms with Crippen molar-refractivity contribution in [2.75, 3.05) is 6.61 Å². The molecule has 9 heteroatoms. The van der Waals surface area contributed by atoms with Gasteiger partial charge in [0.2, 0.25) is 5.91 Å². The van der Waals surface area contributed by atoms with Gasteiger partial charge >= 0.3 is 5.97 Å². The summed E-state index contributed by atoms with van der Waals surface area (Å²) in [6, 6.07) is 8.08. The Labute approximate surface area is 203 Å². The molecule has 0 bridgehead atoms. The van der Waals surface area contributed by atoms with E-state index in [0.29, 0.717) is 17.7 Å². The molecule has 2 N–H and O–H groups in total. The average molecular weight is 487 g/mol. The normalized spacial score (nSPS) is 21.4. The highest BCUT2D eigenvalue weighted by molar-refractivity contribution is 5.96. The van der Waals surface area contributed by atoms with E-state index < -0.39 is 35.6 Å². The average Bonchev–Trinajstić information content (AvgIpc) is 3.47. The molecule has 2 fully saturated rings. The molecular formula is C26H31FN2O6. The molecule has 2 amide bonds. The molecule has 2 aliphatic rings. The van der Waals surface area contributed by atoms with Crippen molar-refractivity contribution in [3.05, 3.63) is 48.0 Å². The molecule has 1 aromatic carbocycles. The number of hydrogen-bond acceptors (Lipinski definition) is 6. The van der Waals surface area contributed by atoms with E-state index in [0.717, 1.165) is 25.7 Å². The smallest absolute Gasteiger partial charge is 0.309 e. The molecule has 1 saturated heterocycles. The lowest BCUT2D eigenvalue weighted by atomic mass is 9.84. The van der Waals surface area contributed by atoms with E-state index in [4.69, 9.17) is 13.9 Å². The Balaban J connectivity index is 1.49. The number of cyclic esters (lactones) is 1. The van der Waals surface area contributed by atoms with Crippen LogP contribution in [0.1, 0.15) is 68.8 Å². The van der Waals surface area contributed by atoms with Crippen LogP contribution in [0.2, 0.25) is 0 Å². The van der Waals surface area contributed by atoms with E-state index >= 15 is 0 Å². The molecule has 1 aliphatic heterocycles. The van der Waals surface area contributed by atoms with Gasteiger partial charge in [-0.05, 0) is 43.5 Å². The summed E-state index contributed by atoms with van der Waals surface area (Å²) >= 11 is 0. The Kier molecular flexibility index (Phi) is 7.85. The fourth-order valence-electron chi connectivity index (χ4n) is 4.76. The molecule has 0 radical (unpaired) electrons. The van der Waals surface area contributed by atoms with Crippen molar-refractivity contribution in [2.45, 2.75) is 70.2 Å². The zero-order chi connectivity index (χ0) is 24.8. The molecule has 2 atom stereocenters. The molecule has 1 saturated carbocycles. The van der Waals surface area contributed by atoms with Crippen LogP contribution in [-0.2, 0) is 19.1 Å². The van der Waals surface area contributed by atoms with Crippen molar-refractivity contribution in [1.29, 1.82) is 0 Å². The van der Waals surface area contributed by atoms with Crippen LogP contribution in [0.5, 0.6) is 0 Å². The number of benzene rings is 1. The van der Waals surface area contributed by atoms with Gasteiger partial charge < -0.3 is 19.2 Å². The van der Waals surface area contributed by atoms with Gasteiger partial charge in [-0.1, -0.05) is 44.2 Å². The maximum atomic E-state index is 13.6. The number of carbonyl (C=O) groups is 3. The molecule has 2 heterocycles. The summed E-state index contributed by atoms with van der Waals surface area (Å²) in [5.41, 5.74) is 0.502. The van der Waals surface area contributed by atoms with Crippen molar-refractivity contribution in [3.63, 3.8) is 0 Å². The second-order valence-electron chi connectivity index (χ2n) is 9.09. The molecule has 35 heavy (non-hydrogen) atoms. The number of rotatable bonds is 9. The van der Waals surface area contributed by atoms with E-state index in [1.54, 1.807) is 25.1 Å². The summed E-state index contributed by atoms with van der Waals surface area (Å²) in [6.07, 6.45) is 6.08. The molecular weight excluding hydrogens is 455 g/mol. The van der Waals surface area contributed by atoms with Gasteiger partial charge in [0.15, 0.2) is 5.76 Å². The van der Waals surface area contributed by atoms with Crippen LogP contribution in [0.4, 0.5) is 4.39 Å². The standard InChI is InChI=1S/C26H31FN2O6/c1-2-33-26(14-13-23(30)35-26)29-24(31)20(15-17-7-4-3-5-8-17)28-25(32)22-12-11-21(34-22)18-9-6-10-19(27)16-18/h6,9-12,16-17,20H,2-5,7-8,13-15H2,1H3,(H,28,32)(H,29,31)/t20-,26?/m0/s1. The summed E-state index contributed by atoms with van der Waals surface area (Å²) in [7, 11) is 0. The minimum Gasteiger partial charge on any atom is -0.451 e. The third kappa shape index (κ3) is 6.28. The van der Waals surface area contributed by atoms with E-state index in [1.165, 1.54) is 24.6 Å². The number of esters is 1. The number of nitrogens with one attached hydrogen (secondary N) is 2. The quantitative estimate of drug-likeness (QED) is 0.404. The first-order valence-corrected chi connectivity index (χ1v) is 12.2. The van der Waals surface area contributed by atoms with E-state index in [2.05, 4.69) is 10.6 Å². The largest absolute Gasteiger partial charge is 0.451 e. The van der Waals surface area contributed by atoms with Crippen molar-refractivity contribution in [1.82, 2.24) is 10.6 Å². The minimum absolute atomic E-state index is 0.0116. The number of hydrogen-bond donors (Lipinski definition) is 2.